The smallest absolute Gasteiger partial charge is 0.462 e. The molecule has 0 spiro atoms. The van der Waals surface area contributed by atoms with Crippen molar-refractivity contribution in [1.29, 1.82) is 0 Å². The van der Waals surface area contributed by atoms with Crippen LogP contribution in [0.25, 0.3) is 0 Å². The summed E-state index contributed by atoms with van der Waals surface area (Å²) in [6, 6.07) is 0. The second-order valence-corrected chi connectivity index (χ2v) is 15.7. The topological polar surface area (TPSA) is 140 Å². The first-order chi connectivity index (χ1) is 26.7. The lowest BCUT2D eigenvalue weighted by atomic mass is 10.0. The number of phosphoric ester groups is 1. The van der Waals surface area contributed by atoms with E-state index in [2.05, 4.69) is 23.6 Å². The molecule has 0 saturated heterocycles. The molecule has 0 heterocycles. The molecule has 0 aromatic rings. The lowest BCUT2D eigenvalue weighted by molar-refractivity contribution is -0.161. The third-order valence-corrected chi connectivity index (χ3v) is 9.61. The fraction of sp³-hybridized carbons (Fsp3) is 0.733. The number of carbonyl (C=O) groups is 2. The van der Waals surface area contributed by atoms with Crippen LogP contribution in [0.15, 0.2) is 60.8 Å². The number of hydrogen-bond acceptors (Lipinski definition) is 7. The zero-order valence-electron chi connectivity index (χ0n) is 34.7. The third-order valence-electron chi connectivity index (χ3n) is 9.13. The first-order valence-electron chi connectivity index (χ1n) is 21.7. The summed E-state index contributed by atoms with van der Waals surface area (Å²) in [5, 5.41) is 9.74. The number of rotatable bonds is 39. The van der Waals surface area contributed by atoms with Gasteiger partial charge in [0, 0.05) is 12.8 Å². The molecule has 10 heteroatoms. The van der Waals surface area contributed by atoms with Gasteiger partial charge in [0.2, 0.25) is 0 Å². The van der Waals surface area contributed by atoms with Gasteiger partial charge in [0.05, 0.1) is 12.7 Å². The Morgan fingerprint density at radius 1 is 0.582 bits per heavy atom. The molecule has 9 nitrogen and oxygen atoms in total. The Bertz CT molecular complexity index is 1090. The number of unbranched alkanes of at least 4 members (excludes halogenated alkanes) is 19. The van der Waals surface area contributed by atoms with E-state index in [0.717, 1.165) is 32.1 Å². The standard InChI is InChI=1S/C45H79O9P/c1-3-5-7-8-9-10-11-12-13-14-15-16-17-18-22-25-28-31-34-38-44(47)52-40-43(41-53-55(49,50)51)54-45(48)39-35-32-29-26-23-20-19-21-24-27-30-33-37-42(46)36-6-4-2/h6,19-20,24,26-27,29-30,33,36,42-43,46H,3-5,7-18,21-23,25,28,31-32,34-35,37-41H2,1-2H3,(H2,49,50,51)/b20-19-,27-24-,29-26-,33-30+,36-6-/t42?,43-/m1/s1. The molecule has 1 unspecified atom stereocenters. The quantitative estimate of drug-likeness (QED) is 0.0182. The number of phosphoric acid groups is 1. The van der Waals surface area contributed by atoms with Crippen molar-refractivity contribution >= 4 is 19.8 Å². The summed E-state index contributed by atoms with van der Waals surface area (Å²) in [7, 11) is -4.78. The summed E-state index contributed by atoms with van der Waals surface area (Å²) in [6.07, 6.45) is 47.2. The van der Waals surface area contributed by atoms with Gasteiger partial charge in [-0.3, -0.25) is 14.1 Å². The van der Waals surface area contributed by atoms with E-state index in [1.165, 1.54) is 103 Å². The first kappa shape index (κ1) is 52.7. The molecule has 0 aliphatic carbocycles. The number of ether oxygens (including phenoxy) is 2. The molecule has 2 atom stereocenters. The normalized spacial score (nSPS) is 13.6. The van der Waals surface area contributed by atoms with E-state index in [1.807, 2.05) is 55.5 Å². The molecule has 3 N–H and O–H groups in total. The highest BCUT2D eigenvalue weighted by atomic mass is 31.2. The van der Waals surface area contributed by atoms with E-state index in [9.17, 15) is 19.3 Å². The molecule has 0 aliphatic rings. The van der Waals surface area contributed by atoms with Crippen molar-refractivity contribution in [3.8, 4) is 0 Å². The van der Waals surface area contributed by atoms with Gasteiger partial charge in [-0.1, -0.05) is 190 Å². The molecule has 0 aromatic carbocycles. The summed E-state index contributed by atoms with van der Waals surface area (Å²) < 4.78 is 26.3. The summed E-state index contributed by atoms with van der Waals surface area (Å²) >= 11 is 0. The van der Waals surface area contributed by atoms with E-state index < -0.39 is 38.6 Å². The summed E-state index contributed by atoms with van der Waals surface area (Å²) in [5.74, 6) is -0.974. The number of aliphatic hydroxyl groups is 1. The predicted octanol–water partition coefficient (Wildman–Crippen LogP) is 12.3. The zero-order chi connectivity index (χ0) is 40.5. The van der Waals surface area contributed by atoms with Crippen LogP contribution in [0.4, 0.5) is 0 Å². The van der Waals surface area contributed by atoms with Crippen LogP contribution in [0.2, 0.25) is 0 Å². The van der Waals surface area contributed by atoms with E-state index in [-0.39, 0.29) is 19.4 Å². The molecule has 318 valence electrons. The maximum absolute atomic E-state index is 12.4. The Kier molecular flexibility index (Phi) is 38.3. The lowest BCUT2D eigenvalue weighted by Crippen LogP contribution is -2.29. The molecule has 0 radical (unpaired) electrons. The Hall–Kier alpha value is -2.29. The number of esters is 2. The van der Waals surface area contributed by atoms with Crippen molar-refractivity contribution in [2.45, 2.75) is 199 Å². The highest BCUT2D eigenvalue weighted by molar-refractivity contribution is 7.46. The molecule has 0 bridgehead atoms. The van der Waals surface area contributed by atoms with Gasteiger partial charge in [-0.15, -0.1) is 0 Å². The van der Waals surface area contributed by atoms with Crippen molar-refractivity contribution in [2.75, 3.05) is 13.2 Å². The number of aliphatic hydroxyl groups excluding tert-OH is 1. The second-order valence-electron chi connectivity index (χ2n) is 14.5. The van der Waals surface area contributed by atoms with Crippen LogP contribution in [0, 0.1) is 0 Å². The lowest BCUT2D eigenvalue weighted by Gasteiger charge is -2.18. The maximum atomic E-state index is 12.4. The number of hydrogen-bond donors (Lipinski definition) is 3. The van der Waals surface area contributed by atoms with Gasteiger partial charge in [-0.25, -0.2) is 4.57 Å². The molecule has 55 heavy (non-hydrogen) atoms. The molecular formula is C45H79O9P. The average Bonchev–Trinajstić information content (AvgIpc) is 3.15. The minimum atomic E-state index is -4.78. The third kappa shape index (κ3) is 42.7. The van der Waals surface area contributed by atoms with Gasteiger partial charge in [-0.05, 0) is 44.9 Å². The van der Waals surface area contributed by atoms with Gasteiger partial charge in [-0.2, -0.15) is 0 Å². The predicted molar refractivity (Wildman–Crippen MR) is 227 cm³/mol. The Morgan fingerprint density at radius 3 is 1.62 bits per heavy atom. The van der Waals surface area contributed by atoms with Gasteiger partial charge in [0.1, 0.15) is 6.61 Å². The Morgan fingerprint density at radius 2 is 1.07 bits per heavy atom. The fourth-order valence-electron chi connectivity index (χ4n) is 5.90. The largest absolute Gasteiger partial charge is 0.469 e. The first-order valence-corrected chi connectivity index (χ1v) is 23.2. The Labute approximate surface area is 335 Å². The molecule has 0 aromatic heterocycles. The molecule has 0 saturated carbocycles. The van der Waals surface area contributed by atoms with Crippen LogP contribution < -0.4 is 0 Å². The average molecular weight is 795 g/mol. The van der Waals surface area contributed by atoms with Crippen LogP contribution in [-0.2, 0) is 28.2 Å². The van der Waals surface area contributed by atoms with Gasteiger partial charge < -0.3 is 24.4 Å². The van der Waals surface area contributed by atoms with E-state index >= 15 is 0 Å². The van der Waals surface area contributed by atoms with Crippen LogP contribution >= 0.6 is 7.82 Å². The van der Waals surface area contributed by atoms with Crippen LogP contribution in [0.5, 0.6) is 0 Å². The van der Waals surface area contributed by atoms with Crippen LogP contribution in [0.1, 0.15) is 187 Å². The van der Waals surface area contributed by atoms with E-state index in [4.69, 9.17) is 19.3 Å². The highest BCUT2D eigenvalue weighted by Crippen LogP contribution is 2.36. The van der Waals surface area contributed by atoms with Crippen molar-refractivity contribution in [3.05, 3.63) is 60.8 Å². The van der Waals surface area contributed by atoms with Crippen LogP contribution in [0.3, 0.4) is 0 Å². The SMILES string of the molecule is CC/C=C\C(O)C/C=C/C=C\C/C=C\C/C=C\CCCC(=O)O[C@H](COC(=O)CCCCCCCCCCCCCCCCCCCCC)COP(=O)(O)O. The zero-order valence-corrected chi connectivity index (χ0v) is 35.6. The fourth-order valence-corrected chi connectivity index (χ4v) is 6.26. The summed E-state index contributed by atoms with van der Waals surface area (Å²) in [4.78, 5) is 42.9. The molecule has 0 fully saturated rings. The van der Waals surface area contributed by atoms with Gasteiger partial charge in [0.25, 0.3) is 0 Å². The van der Waals surface area contributed by atoms with E-state index in [1.54, 1.807) is 0 Å². The van der Waals surface area contributed by atoms with Crippen molar-refractivity contribution in [2.24, 2.45) is 0 Å². The van der Waals surface area contributed by atoms with Gasteiger partial charge in [0.15, 0.2) is 6.10 Å². The van der Waals surface area contributed by atoms with Crippen molar-refractivity contribution < 1.29 is 43.0 Å². The molecular weight excluding hydrogens is 715 g/mol. The molecule has 0 aliphatic heterocycles. The minimum absolute atomic E-state index is 0.115. The van der Waals surface area contributed by atoms with Crippen LogP contribution in [-0.4, -0.2) is 52.3 Å². The Balaban J connectivity index is 4.00. The van der Waals surface area contributed by atoms with E-state index in [0.29, 0.717) is 25.7 Å². The number of carbonyl (C=O) groups excluding carboxylic acids is 2. The van der Waals surface area contributed by atoms with Crippen molar-refractivity contribution in [3.63, 3.8) is 0 Å². The number of allylic oxidation sites excluding steroid dienone is 8. The molecule has 0 amide bonds. The highest BCUT2D eigenvalue weighted by Gasteiger charge is 2.22. The minimum Gasteiger partial charge on any atom is -0.462 e. The monoisotopic (exact) mass is 795 g/mol. The molecule has 0 rings (SSSR count). The second kappa shape index (κ2) is 39.9. The maximum Gasteiger partial charge on any atom is 0.469 e. The van der Waals surface area contributed by atoms with Crippen molar-refractivity contribution in [1.82, 2.24) is 0 Å². The summed E-state index contributed by atoms with van der Waals surface area (Å²) in [6.45, 7) is 3.41. The van der Waals surface area contributed by atoms with Gasteiger partial charge >= 0.3 is 19.8 Å². The summed E-state index contributed by atoms with van der Waals surface area (Å²) in [5.41, 5.74) is 0.